The van der Waals surface area contributed by atoms with Crippen LogP contribution in [0.4, 0.5) is 0 Å². The lowest BCUT2D eigenvalue weighted by Crippen LogP contribution is -2.55. The fourth-order valence-corrected chi connectivity index (χ4v) is 9.86. The summed E-state index contributed by atoms with van der Waals surface area (Å²) in [4.78, 5) is 11.8. The lowest BCUT2D eigenvalue weighted by molar-refractivity contribution is -0.167. The number of carbonyl (C=O) groups is 1. The SMILES string of the molecule is CC(=O)O[C@H]1CC[C@]2(C)C3=C(CC[C@H]2C1(C)C)[C@]1(C)CC[C@H]([C@H](C)CCC=C(C)C)[C@@]1(C)CC3. The summed E-state index contributed by atoms with van der Waals surface area (Å²) in [6.45, 7) is 21.2. The molecule has 0 aromatic rings. The third-order valence-electron chi connectivity index (χ3n) is 11.9. The van der Waals surface area contributed by atoms with Gasteiger partial charge in [-0.15, -0.1) is 0 Å². The maximum atomic E-state index is 11.8. The molecule has 2 nitrogen and oxygen atoms in total. The minimum absolute atomic E-state index is 0.0382. The highest BCUT2D eigenvalue weighted by atomic mass is 16.5. The standard InChI is InChI=1S/C32H52O2/c1-21(2)11-10-12-22(3)24-15-19-32(9)26-13-14-27-29(5,6)28(34-23(4)33)17-18-30(27,7)25(26)16-20-31(24,32)8/h11,22,24,27-28H,10,12-20H2,1-9H3/t22-,24-,27+,28+,30-,31-,32+/m1/s1. The summed E-state index contributed by atoms with van der Waals surface area (Å²) in [5, 5.41) is 0. The fraction of sp³-hybridized carbons (Fsp3) is 0.844. The van der Waals surface area contributed by atoms with Gasteiger partial charge in [-0.1, -0.05) is 64.3 Å². The van der Waals surface area contributed by atoms with Crippen LogP contribution in [0.1, 0.15) is 127 Å². The Hall–Kier alpha value is -1.05. The molecule has 0 amide bonds. The van der Waals surface area contributed by atoms with E-state index < -0.39 is 0 Å². The van der Waals surface area contributed by atoms with Crippen molar-refractivity contribution in [3.05, 3.63) is 22.8 Å². The first kappa shape index (κ1) is 26.0. The molecule has 0 N–H and O–H groups in total. The second kappa shape index (κ2) is 8.81. The fourth-order valence-electron chi connectivity index (χ4n) is 9.86. The predicted octanol–water partition coefficient (Wildman–Crippen LogP) is 9.05. The molecule has 0 spiro atoms. The van der Waals surface area contributed by atoms with Crippen LogP contribution in [0.25, 0.3) is 0 Å². The summed E-state index contributed by atoms with van der Waals surface area (Å²) < 4.78 is 5.87. The predicted molar refractivity (Wildman–Crippen MR) is 142 cm³/mol. The summed E-state index contributed by atoms with van der Waals surface area (Å²) in [5.41, 5.74) is 6.25. The maximum absolute atomic E-state index is 11.8. The molecule has 0 aliphatic heterocycles. The smallest absolute Gasteiger partial charge is 0.302 e. The maximum Gasteiger partial charge on any atom is 0.302 e. The van der Waals surface area contributed by atoms with Crippen molar-refractivity contribution in [1.29, 1.82) is 0 Å². The molecule has 4 rings (SSSR count). The summed E-state index contributed by atoms with van der Waals surface area (Å²) in [5.74, 6) is 2.13. The van der Waals surface area contributed by atoms with Crippen LogP contribution in [0.3, 0.4) is 0 Å². The van der Waals surface area contributed by atoms with E-state index >= 15 is 0 Å². The third-order valence-corrected chi connectivity index (χ3v) is 11.9. The molecular formula is C32H52O2. The van der Waals surface area contributed by atoms with E-state index in [9.17, 15) is 4.79 Å². The van der Waals surface area contributed by atoms with E-state index in [0.717, 1.165) is 18.3 Å². The van der Waals surface area contributed by atoms with Gasteiger partial charge in [0.15, 0.2) is 0 Å². The van der Waals surface area contributed by atoms with Gasteiger partial charge in [-0.05, 0) is 112 Å². The van der Waals surface area contributed by atoms with E-state index in [1.807, 2.05) is 11.1 Å². The molecule has 0 aromatic carbocycles. The molecule has 34 heavy (non-hydrogen) atoms. The number of hydrogen-bond donors (Lipinski definition) is 0. The van der Waals surface area contributed by atoms with Crippen molar-refractivity contribution in [3.63, 3.8) is 0 Å². The number of hydrogen-bond acceptors (Lipinski definition) is 2. The highest BCUT2D eigenvalue weighted by Gasteiger charge is 2.63. The first-order valence-corrected chi connectivity index (χ1v) is 14.3. The number of allylic oxidation sites excluding steroid dienone is 4. The largest absolute Gasteiger partial charge is 0.462 e. The van der Waals surface area contributed by atoms with Gasteiger partial charge in [0.05, 0.1) is 0 Å². The van der Waals surface area contributed by atoms with Gasteiger partial charge in [-0.3, -0.25) is 4.79 Å². The van der Waals surface area contributed by atoms with Crippen LogP contribution < -0.4 is 0 Å². The molecule has 2 fully saturated rings. The topological polar surface area (TPSA) is 26.3 Å². The number of esters is 1. The van der Waals surface area contributed by atoms with Crippen molar-refractivity contribution in [1.82, 2.24) is 0 Å². The number of carbonyl (C=O) groups excluding carboxylic acids is 1. The molecule has 0 heterocycles. The lowest BCUT2D eigenvalue weighted by atomic mass is 9.43. The summed E-state index contributed by atoms with van der Waals surface area (Å²) in [7, 11) is 0. The summed E-state index contributed by atoms with van der Waals surface area (Å²) >= 11 is 0. The van der Waals surface area contributed by atoms with Gasteiger partial charge in [-0.2, -0.15) is 0 Å². The Morgan fingerprint density at radius 3 is 2.32 bits per heavy atom. The van der Waals surface area contributed by atoms with Crippen molar-refractivity contribution in [2.45, 2.75) is 133 Å². The lowest BCUT2D eigenvalue weighted by Gasteiger charge is -2.62. The van der Waals surface area contributed by atoms with Crippen molar-refractivity contribution < 1.29 is 9.53 Å². The van der Waals surface area contributed by atoms with E-state index in [1.54, 1.807) is 6.92 Å². The highest BCUT2D eigenvalue weighted by molar-refractivity contribution is 5.66. The average Bonchev–Trinajstić information content (AvgIpc) is 3.01. The Morgan fingerprint density at radius 2 is 1.68 bits per heavy atom. The quantitative estimate of drug-likeness (QED) is 0.297. The summed E-state index contributed by atoms with van der Waals surface area (Å²) in [6.07, 6.45) is 15.2. The minimum atomic E-state index is -0.117. The molecule has 2 heteroatoms. The Labute approximate surface area is 210 Å². The Kier molecular flexibility index (Phi) is 6.74. The van der Waals surface area contributed by atoms with Crippen molar-refractivity contribution >= 4 is 5.97 Å². The van der Waals surface area contributed by atoms with E-state index in [2.05, 4.69) is 61.5 Å². The first-order valence-electron chi connectivity index (χ1n) is 14.3. The van der Waals surface area contributed by atoms with Crippen LogP contribution in [0.2, 0.25) is 0 Å². The van der Waals surface area contributed by atoms with E-state index in [4.69, 9.17) is 4.74 Å². The van der Waals surface area contributed by atoms with Gasteiger partial charge in [0.2, 0.25) is 0 Å². The molecule has 2 saturated carbocycles. The zero-order valence-corrected chi connectivity index (χ0v) is 23.8. The molecule has 0 unspecified atom stereocenters. The zero-order chi connectivity index (χ0) is 25.1. The second-order valence-electron chi connectivity index (χ2n) is 14.2. The Morgan fingerprint density at radius 1 is 0.971 bits per heavy atom. The van der Waals surface area contributed by atoms with Gasteiger partial charge in [0.25, 0.3) is 0 Å². The highest BCUT2D eigenvalue weighted by Crippen LogP contribution is 2.72. The monoisotopic (exact) mass is 468 g/mol. The first-order chi connectivity index (χ1) is 15.8. The van der Waals surface area contributed by atoms with Gasteiger partial charge < -0.3 is 4.74 Å². The molecule has 4 aliphatic rings. The van der Waals surface area contributed by atoms with Gasteiger partial charge >= 0.3 is 5.97 Å². The summed E-state index contributed by atoms with van der Waals surface area (Å²) in [6, 6.07) is 0. The number of rotatable bonds is 5. The molecule has 0 saturated heterocycles. The van der Waals surface area contributed by atoms with E-state index in [1.165, 1.54) is 63.4 Å². The van der Waals surface area contributed by atoms with Crippen LogP contribution in [-0.2, 0) is 9.53 Å². The normalized spacial score (nSPS) is 41.7. The second-order valence-corrected chi connectivity index (χ2v) is 14.2. The number of ether oxygens (including phenoxy) is 1. The van der Waals surface area contributed by atoms with Crippen LogP contribution >= 0.6 is 0 Å². The Balaban J connectivity index is 1.63. The molecule has 192 valence electrons. The van der Waals surface area contributed by atoms with Crippen molar-refractivity contribution in [3.8, 4) is 0 Å². The van der Waals surface area contributed by atoms with Gasteiger partial charge in [0.1, 0.15) is 6.10 Å². The molecular weight excluding hydrogens is 416 g/mol. The Bertz CT molecular complexity index is 873. The van der Waals surface area contributed by atoms with Crippen LogP contribution in [0.5, 0.6) is 0 Å². The molecule has 4 aliphatic carbocycles. The molecule has 0 radical (unpaired) electrons. The number of fused-ring (bicyclic) bond motifs is 4. The van der Waals surface area contributed by atoms with Crippen molar-refractivity contribution in [2.75, 3.05) is 0 Å². The van der Waals surface area contributed by atoms with Gasteiger partial charge in [-0.25, -0.2) is 0 Å². The minimum Gasteiger partial charge on any atom is -0.462 e. The molecule has 0 aromatic heterocycles. The van der Waals surface area contributed by atoms with Gasteiger partial charge in [0, 0.05) is 12.3 Å². The van der Waals surface area contributed by atoms with E-state index in [-0.39, 0.29) is 22.9 Å². The van der Waals surface area contributed by atoms with Crippen LogP contribution in [-0.4, -0.2) is 12.1 Å². The third kappa shape index (κ3) is 3.85. The average molecular weight is 469 g/mol. The molecule has 7 atom stereocenters. The van der Waals surface area contributed by atoms with Crippen molar-refractivity contribution in [2.24, 2.45) is 39.4 Å². The van der Waals surface area contributed by atoms with Crippen LogP contribution in [0, 0.1) is 39.4 Å². The van der Waals surface area contributed by atoms with Crippen LogP contribution in [0.15, 0.2) is 22.8 Å². The molecule has 0 bridgehead atoms. The zero-order valence-electron chi connectivity index (χ0n) is 23.8. The van der Waals surface area contributed by atoms with E-state index in [0.29, 0.717) is 16.7 Å².